The number of amides is 2. The number of esters is 1. The maximum absolute atomic E-state index is 12.3. The van der Waals surface area contributed by atoms with E-state index < -0.39 is 12.6 Å². The molecule has 0 aromatic heterocycles. The molecule has 2 aliphatic rings. The third-order valence-corrected chi connectivity index (χ3v) is 4.88. The fourth-order valence-corrected chi connectivity index (χ4v) is 3.45. The number of allylic oxidation sites excluding steroid dienone is 2. The molecule has 1 aliphatic heterocycles. The van der Waals surface area contributed by atoms with Crippen LogP contribution in [0.3, 0.4) is 0 Å². The van der Waals surface area contributed by atoms with Crippen molar-refractivity contribution < 1.29 is 23.9 Å². The van der Waals surface area contributed by atoms with Crippen LogP contribution < -0.4 is 0 Å². The summed E-state index contributed by atoms with van der Waals surface area (Å²) in [6.45, 7) is -0.426. The van der Waals surface area contributed by atoms with Crippen LogP contribution in [0.1, 0.15) is 29.6 Å². The Kier molecular flexibility index (Phi) is 5.52. The number of carbonyl (C=O) groups is 4. The van der Waals surface area contributed by atoms with Gasteiger partial charge in [0.25, 0.3) is 0 Å². The van der Waals surface area contributed by atoms with E-state index in [0.717, 1.165) is 4.90 Å². The predicted molar refractivity (Wildman–Crippen MR) is 93.4 cm³/mol. The number of rotatable bonds is 6. The summed E-state index contributed by atoms with van der Waals surface area (Å²) in [5.41, 5.74) is 0.353. The first-order valence-electron chi connectivity index (χ1n) is 8.42. The number of hydrogen-bond donors (Lipinski definition) is 0. The SMILES string of the molecule is O=C(CCN1C(=O)[C@@H]2CC=CC[C@H]2C1=O)OCC(=O)c1cccc(Cl)c1. The standard InChI is InChI=1S/C19H18ClNO5/c20-13-5-3-4-12(10-13)16(22)11-26-17(23)8-9-21-18(24)14-6-1-2-7-15(14)19(21)25/h1-5,10,14-15H,6-9,11H2/t14-,15-/m1/s1. The van der Waals surface area contributed by atoms with Gasteiger partial charge >= 0.3 is 5.97 Å². The molecule has 0 unspecified atom stereocenters. The van der Waals surface area contributed by atoms with Crippen molar-refractivity contribution in [1.29, 1.82) is 0 Å². The van der Waals surface area contributed by atoms with Gasteiger partial charge in [0.05, 0.1) is 18.3 Å². The lowest BCUT2D eigenvalue weighted by molar-refractivity contribution is -0.145. The summed E-state index contributed by atoms with van der Waals surface area (Å²) < 4.78 is 4.95. The second-order valence-corrected chi connectivity index (χ2v) is 6.76. The van der Waals surface area contributed by atoms with E-state index in [4.69, 9.17) is 16.3 Å². The van der Waals surface area contributed by atoms with Gasteiger partial charge in [-0.1, -0.05) is 35.9 Å². The molecule has 0 N–H and O–H groups in total. The summed E-state index contributed by atoms with van der Waals surface area (Å²) in [7, 11) is 0. The van der Waals surface area contributed by atoms with E-state index in [1.165, 1.54) is 6.07 Å². The number of ether oxygens (including phenoxy) is 1. The average Bonchev–Trinajstić information content (AvgIpc) is 2.89. The van der Waals surface area contributed by atoms with Crippen molar-refractivity contribution in [1.82, 2.24) is 4.90 Å². The van der Waals surface area contributed by atoms with E-state index in [1.807, 2.05) is 12.2 Å². The summed E-state index contributed by atoms with van der Waals surface area (Å²) in [5.74, 6) is -2.08. The molecule has 1 saturated heterocycles. The third kappa shape index (κ3) is 3.85. The van der Waals surface area contributed by atoms with Gasteiger partial charge in [0.2, 0.25) is 11.8 Å². The zero-order valence-corrected chi connectivity index (χ0v) is 14.8. The van der Waals surface area contributed by atoms with Gasteiger partial charge in [0.15, 0.2) is 12.4 Å². The number of hydrogen-bond acceptors (Lipinski definition) is 5. The van der Waals surface area contributed by atoms with Crippen LogP contribution in [0.2, 0.25) is 5.02 Å². The minimum absolute atomic E-state index is 0.0190. The molecule has 1 aromatic rings. The molecule has 136 valence electrons. The minimum Gasteiger partial charge on any atom is -0.457 e. The Morgan fingerprint density at radius 2 is 1.77 bits per heavy atom. The van der Waals surface area contributed by atoms with Crippen molar-refractivity contribution in [3.8, 4) is 0 Å². The van der Waals surface area contributed by atoms with E-state index in [0.29, 0.717) is 23.4 Å². The van der Waals surface area contributed by atoms with Crippen molar-refractivity contribution in [3.05, 3.63) is 47.0 Å². The van der Waals surface area contributed by atoms with Crippen LogP contribution in [0.25, 0.3) is 0 Å². The maximum Gasteiger partial charge on any atom is 0.308 e. The Labute approximate surface area is 155 Å². The lowest BCUT2D eigenvalue weighted by Crippen LogP contribution is -2.33. The van der Waals surface area contributed by atoms with Gasteiger partial charge in [-0.2, -0.15) is 0 Å². The summed E-state index contributed by atoms with van der Waals surface area (Å²) in [4.78, 5) is 49.6. The Bertz CT molecular complexity index is 762. The van der Waals surface area contributed by atoms with Crippen LogP contribution >= 0.6 is 11.6 Å². The molecule has 0 saturated carbocycles. The third-order valence-electron chi connectivity index (χ3n) is 4.65. The molecular weight excluding hydrogens is 358 g/mol. The molecule has 7 heteroatoms. The molecule has 2 atom stereocenters. The van der Waals surface area contributed by atoms with Crippen LogP contribution in [-0.4, -0.2) is 41.6 Å². The molecule has 1 aliphatic carbocycles. The molecule has 3 rings (SSSR count). The van der Waals surface area contributed by atoms with Crippen molar-refractivity contribution >= 4 is 35.2 Å². The van der Waals surface area contributed by atoms with Crippen molar-refractivity contribution in [2.24, 2.45) is 11.8 Å². The Morgan fingerprint density at radius 1 is 1.12 bits per heavy atom. The highest BCUT2D eigenvalue weighted by molar-refractivity contribution is 6.31. The second kappa shape index (κ2) is 7.83. The van der Waals surface area contributed by atoms with Gasteiger partial charge in [0, 0.05) is 17.1 Å². The number of fused-ring (bicyclic) bond motifs is 1. The van der Waals surface area contributed by atoms with Crippen LogP contribution in [0.4, 0.5) is 0 Å². The Morgan fingerprint density at radius 3 is 2.38 bits per heavy atom. The predicted octanol–water partition coefficient (Wildman–Crippen LogP) is 2.41. The number of likely N-dealkylation sites (tertiary alicyclic amines) is 1. The van der Waals surface area contributed by atoms with E-state index in [-0.39, 0.29) is 42.4 Å². The van der Waals surface area contributed by atoms with E-state index in [1.54, 1.807) is 18.2 Å². The summed E-state index contributed by atoms with van der Waals surface area (Å²) >= 11 is 5.82. The quantitative estimate of drug-likeness (QED) is 0.330. The van der Waals surface area contributed by atoms with Gasteiger partial charge in [0.1, 0.15) is 0 Å². The highest BCUT2D eigenvalue weighted by Gasteiger charge is 2.46. The fraction of sp³-hybridized carbons (Fsp3) is 0.368. The topological polar surface area (TPSA) is 80.8 Å². The minimum atomic E-state index is -0.631. The molecule has 1 aromatic carbocycles. The number of carbonyl (C=O) groups excluding carboxylic acids is 4. The van der Waals surface area contributed by atoms with Gasteiger partial charge in [-0.05, 0) is 25.0 Å². The van der Waals surface area contributed by atoms with E-state index in [9.17, 15) is 19.2 Å². The van der Waals surface area contributed by atoms with Crippen LogP contribution in [0.15, 0.2) is 36.4 Å². The van der Waals surface area contributed by atoms with Crippen LogP contribution in [0.5, 0.6) is 0 Å². The largest absolute Gasteiger partial charge is 0.457 e. The molecule has 2 amide bonds. The van der Waals surface area contributed by atoms with Crippen LogP contribution in [0, 0.1) is 11.8 Å². The highest BCUT2D eigenvalue weighted by Crippen LogP contribution is 2.34. The van der Waals surface area contributed by atoms with E-state index in [2.05, 4.69) is 0 Å². The van der Waals surface area contributed by atoms with Crippen LogP contribution in [-0.2, 0) is 19.1 Å². The maximum atomic E-state index is 12.3. The number of imide groups is 1. The Balaban J connectivity index is 1.48. The molecular formula is C19H18ClNO5. The second-order valence-electron chi connectivity index (χ2n) is 6.33. The molecule has 26 heavy (non-hydrogen) atoms. The number of halogens is 1. The molecule has 1 heterocycles. The zero-order valence-electron chi connectivity index (χ0n) is 14.0. The number of ketones is 1. The summed E-state index contributed by atoms with van der Waals surface area (Å²) in [6, 6.07) is 6.35. The van der Waals surface area contributed by atoms with Crippen molar-refractivity contribution in [2.75, 3.05) is 13.2 Å². The molecule has 0 radical (unpaired) electrons. The first-order chi connectivity index (χ1) is 12.5. The zero-order chi connectivity index (χ0) is 18.7. The summed E-state index contributed by atoms with van der Waals surface area (Å²) in [5, 5.41) is 0.421. The average molecular weight is 376 g/mol. The molecule has 0 bridgehead atoms. The first-order valence-corrected chi connectivity index (χ1v) is 8.80. The van der Waals surface area contributed by atoms with Gasteiger partial charge in [-0.3, -0.25) is 24.1 Å². The number of Topliss-reactive ketones (excluding diaryl/α,β-unsaturated/α-hetero) is 1. The van der Waals surface area contributed by atoms with Gasteiger partial charge in [-0.25, -0.2) is 0 Å². The van der Waals surface area contributed by atoms with E-state index >= 15 is 0 Å². The first kappa shape index (κ1) is 18.3. The smallest absolute Gasteiger partial charge is 0.308 e. The normalized spacial score (nSPS) is 21.7. The lowest BCUT2D eigenvalue weighted by atomic mass is 9.85. The number of benzene rings is 1. The summed E-state index contributed by atoms with van der Waals surface area (Å²) in [6.07, 6.45) is 4.80. The van der Waals surface area contributed by atoms with Crippen molar-refractivity contribution in [2.45, 2.75) is 19.3 Å². The fourth-order valence-electron chi connectivity index (χ4n) is 3.26. The van der Waals surface area contributed by atoms with Gasteiger partial charge in [-0.15, -0.1) is 0 Å². The van der Waals surface area contributed by atoms with Crippen molar-refractivity contribution in [3.63, 3.8) is 0 Å². The molecule has 1 fully saturated rings. The lowest BCUT2D eigenvalue weighted by Gasteiger charge is -2.14. The number of nitrogens with zero attached hydrogens (tertiary/aromatic N) is 1. The van der Waals surface area contributed by atoms with Gasteiger partial charge < -0.3 is 4.74 Å². The Hall–Kier alpha value is -2.47. The molecule has 0 spiro atoms. The highest BCUT2D eigenvalue weighted by atomic mass is 35.5. The molecule has 6 nitrogen and oxygen atoms in total. The monoisotopic (exact) mass is 375 g/mol.